The Morgan fingerprint density at radius 2 is 1.78 bits per heavy atom. The molecule has 3 amide bonds. The summed E-state index contributed by atoms with van der Waals surface area (Å²) in [6.45, 7) is -0.172. The van der Waals surface area contributed by atoms with E-state index in [-0.39, 0.29) is 29.7 Å². The number of carbonyl (C=O) groups is 3. The van der Waals surface area contributed by atoms with Gasteiger partial charge in [0.05, 0.1) is 27.7 Å². The Morgan fingerprint density at radius 3 is 2.42 bits per heavy atom. The number of imide groups is 1. The van der Waals surface area contributed by atoms with Crippen molar-refractivity contribution in [2.24, 2.45) is 7.05 Å². The van der Waals surface area contributed by atoms with Gasteiger partial charge in [0, 0.05) is 36.8 Å². The highest BCUT2D eigenvalue weighted by molar-refractivity contribution is 7.12. The maximum atomic E-state index is 14.4. The third kappa shape index (κ3) is 4.42. The second-order valence-electron chi connectivity index (χ2n) is 8.42. The lowest BCUT2D eigenvalue weighted by Crippen LogP contribution is -2.47. The molecule has 1 aliphatic rings. The lowest BCUT2D eigenvalue weighted by molar-refractivity contribution is 0.0629. The van der Waals surface area contributed by atoms with Crippen LogP contribution >= 0.6 is 11.3 Å². The zero-order chi connectivity index (χ0) is 25.4. The van der Waals surface area contributed by atoms with Crippen molar-refractivity contribution < 1.29 is 23.2 Å². The number of rotatable bonds is 7. The van der Waals surface area contributed by atoms with E-state index in [1.807, 2.05) is 11.4 Å². The Kier molecular flexibility index (Phi) is 6.19. The monoisotopic (exact) mass is 506 g/mol. The molecule has 7 nitrogen and oxygen atoms in total. The summed E-state index contributed by atoms with van der Waals surface area (Å²) in [6.07, 6.45) is 1.60. The first-order valence-electron chi connectivity index (χ1n) is 11.1. The number of fused-ring (bicyclic) bond motifs is 1. The molecule has 1 atom stereocenters. The number of nitrogens with one attached hydrogen (secondary N) is 1. The molecule has 2 aromatic carbocycles. The number of halogens is 2. The van der Waals surface area contributed by atoms with Gasteiger partial charge in [-0.15, -0.1) is 11.3 Å². The lowest BCUT2D eigenvalue weighted by Gasteiger charge is -2.24. The van der Waals surface area contributed by atoms with Crippen LogP contribution in [0.2, 0.25) is 0 Å². The predicted molar refractivity (Wildman–Crippen MR) is 130 cm³/mol. The first kappa shape index (κ1) is 23.6. The zero-order valence-electron chi connectivity index (χ0n) is 19.1. The van der Waals surface area contributed by atoms with Gasteiger partial charge < -0.3 is 5.32 Å². The number of carbonyl (C=O) groups excluding carboxylic acids is 3. The fourth-order valence-electron chi connectivity index (χ4n) is 4.24. The number of nitrogens with zero attached hydrogens (tertiary/aromatic N) is 3. The Morgan fingerprint density at radius 1 is 1.06 bits per heavy atom. The molecule has 36 heavy (non-hydrogen) atoms. The summed E-state index contributed by atoms with van der Waals surface area (Å²) in [4.78, 5) is 40.4. The van der Waals surface area contributed by atoms with Crippen LogP contribution in [0.4, 0.5) is 8.78 Å². The number of aryl methyl sites for hydroxylation is 1. The first-order chi connectivity index (χ1) is 17.3. The summed E-state index contributed by atoms with van der Waals surface area (Å²) >= 11 is 1.23. The summed E-state index contributed by atoms with van der Waals surface area (Å²) < 4.78 is 29.6. The molecule has 1 N–H and O–H groups in total. The summed E-state index contributed by atoms with van der Waals surface area (Å²) in [5.41, 5.74) is 2.35. The summed E-state index contributed by atoms with van der Waals surface area (Å²) in [5, 5.41) is 8.79. The van der Waals surface area contributed by atoms with Crippen LogP contribution in [-0.2, 0) is 13.5 Å². The van der Waals surface area contributed by atoms with Crippen molar-refractivity contribution in [1.82, 2.24) is 20.0 Å². The summed E-state index contributed by atoms with van der Waals surface area (Å²) in [7, 11) is 1.79. The van der Waals surface area contributed by atoms with Crippen molar-refractivity contribution in [3.8, 4) is 11.3 Å². The van der Waals surface area contributed by atoms with Crippen molar-refractivity contribution in [1.29, 1.82) is 0 Å². The van der Waals surface area contributed by atoms with Crippen LogP contribution < -0.4 is 5.32 Å². The van der Waals surface area contributed by atoms with Crippen LogP contribution in [0.15, 0.2) is 66.2 Å². The molecule has 5 rings (SSSR count). The molecule has 0 bridgehead atoms. The van der Waals surface area contributed by atoms with Crippen LogP contribution in [0, 0.1) is 11.6 Å². The maximum absolute atomic E-state index is 14.4. The van der Waals surface area contributed by atoms with Crippen LogP contribution in [-0.4, -0.2) is 45.0 Å². The molecule has 182 valence electrons. The van der Waals surface area contributed by atoms with Crippen molar-refractivity contribution in [2.75, 3.05) is 6.54 Å². The molecule has 4 aromatic rings. The average molecular weight is 507 g/mol. The first-order valence-corrected chi connectivity index (χ1v) is 12.0. The zero-order valence-corrected chi connectivity index (χ0v) is 19.9. The van der Waals surface area contributed by atoms with Gasteiger partial charge in [0.2, 0.25) is 0 Å². The average Bonchev–Trinajstić information content (AvgIpc) is 3.56. The fourth-order valence-corrected chi connectivity index (χ4v) is 5.05. The molecule has 0 unspecified atom stereocenters. The van der Waals surface area contributed by atoms with E-state index in [1.54, 1.807) is 48.3 Å². The topological polar surface area (TPSA) is 84.3 Å². The molecule has 0 saturated heterocycles. The van der Waals surface area contributed by atoms with Gasteiger partial charge in [-0.2, -0.15) is 5.10 Å². The van der Waals surface area contributed by atoms with Gasteiger partial charge in [-0.3, -0.25) is 24.0 Å². The molecule has 3 heterocycles. The van der Waals surface area contributed by atoms with E-state index in [1.165, 1.54) is 17.4 Å². The fraction of sp³-hybridized carbons (Fsp3) is 0.154. The second kappa shape index (κ2) is 9.46. The van der Waals surface area contributed by atoms with Crippen molar-refractivity contribution >= 4 is 29.1 Å². The number of thiophene rings is 1. The molecule has 0 spiro atoms. The Hall–Kier alpha value is -4.18. The lowest BCUT2D eigenvalue weighted by atomic mass is 10.0. The van der Waals surface area contributed by atoms with E-state index in [0.29, 0.717) is 4.88 Å². The van der Waals surface area contributed by atoms with Crippen molar-refractivity contribution in [3.63, 3.8) is 0 Å². The van der Waals surface area contributed by atoms with E-state index in [9.17, 15) is 23.2 Å². The molecule has 2 aromatic heterocycles. The minimum atomic E-state index is -0.818. The molecular formula is C26H20F2N4O3S. The standard InChI is InChI=1S/C26H20F2N4O3S/c1-31-22(8-9-29-31)16-11-23(36-14-16)24(33)30-18(10-15-6-7-17(27)12-21(15)28)13-32-25(34)19-4-2-3-5-20(19)26(32)35/h2-9,11-12,14,18H,10,13H2,1H3,(H,30,33)/t18-/m0/s1. The number of aromatic nitrogens is 2. The minimum Gasteiger partial charge on any atom is -0.346 e. The van der Waals surface area contributed by atoms with Gasteiger partial charge in [0.1, 0.15) is 11.6 Å². The van der Waals surface area contributed by atoms with Crippen LogP contribution in [0.1, 0.15) is 36.0 Å². The smallest absolute Gasteiger partial charge is 0.261 e. The minimum absolute atomic E-state index is 0.0504. The van der Waals surface area contributed by atoms with E-state index in [0.717, 1.165) is 28.3 Å². The molecule has 0 radical (unpaired) electrons. The largest absolute Gasteiger partial charge is 0.346 e. The molecular weight excluding hydrogens is 486 g/mol. The number of hydrogen-bond donors (Lipinski definition) is 1. The highest BCUT2D eigenvalue weighted by atomic mass is 32.1. The van der Waals surface area contributed by atoms with E-state index >= 15 is 0 Å². The van der Waals surface area contributed by atoms with Gasteiger partial charge in [-0.25, -0.2) is 8.78 Å². The molecule has 1 aliphatic heterocycles. The number of benzene rings is 2. The van der Waals surface area contributed by atoms with Crippen LogP contribution in [0.25, 0.3) is 11.3 Å². The van der Waals surface area contributed by atoms with Crippen LogP contribution in [0.5, 0.6) is 0 Å². The Balaban J connectivity index is 1.40. The van der Waals surface area contributed by atoms with Gasteiger partial charge in [-0.1, -0.05) is 18.2 Å². The number of hydrogen-bond acceptors (Lipinski definition) is 5. The molecule has 0 fully saturated rings. The predicted octanol–water partition coefficient (Wildman–Crippen LogP) is 4.06. The third-order valence-electron chi connectivity index (χ3n) is 6.04. The van der Waals surface area contributed by atoms with Crippen molar-refractivity contribution in [2.45, 2.75) is 12.5 Å². The van der Waals surface area contributed by atoms with Crippen molar-refractivity contribution in [3.05, 3.63) is 99.4 Å². The van der Waals surface area contributed by atoms with Gasteiger partial charge in [-0.05, 0) is 42.3 Å². The molecule has 10 heteroatoms. The normalized spacial score (nSPS) is 13.7. The summed E-state index contributed by atoms with van der Waals surface area (Å²) in [6, 6.07) is 12.4. The van der Waals surface area contributed by atoms with E-state index in [2.05, 4.69) is 10.4 Å². The number of amides is 3. The quantitative estimate of drug-likeness (QED) is 0.383. The highest BCUT2D eigenvalue weighted by Gasteiger charge is 2.37. The molecule has 0 saturated carbocycles. The van der Waals surface area contributed by atoms with Crippen LogP contribution in [0.3, 0.4) is 0 Å². The maximum Gasteiger partial charge on any atom is 0.261 e. The third-order valence-corrected chi connectivity index (χ3v) is 6.97. The van der Waals surface area contributed by atoms with Gasteiger partial charge in [0.25, 0.3) is 17.7 Å². The summed E-state index contributed by atoms with van der Waals surface area (Å²) in [5.74, 6) is -2.89. The highest BCUT2D eigenvalue weighted by Crippen LogP contribution is 2.26. The van der Waals surface area contributed by atoms with Gasteiger partial charge in [0.15, 0.2) is 0 Å². The van der Waals surface area contributed by atoms with Gasteiger partial charge >= 0.3 is 0 Å². The SMILES string of the molecule is Cn1nccc1-c1csc(C(=O)N[C@@H](Cc2ccc(F)cc2F)CN2C(=O)c3ccccc3C2=O)c1. The Labute approximate surface area is 209 Å². The van der Waals surface area contributed by atoms with E-state index < -0.39 is 35.4 Å². The Bertz CT molecular complexity index is 1460. The second-order valence-corrected chi connectivity index (χ2v) is 9.33. The van der Waals surface area contributed by atoms with E-state index in [4.69, 9.17) is 0 Å². The molecule has 0 aliphatic carbocycles.